The van der Waals surface area contributed by atoms with Crippen LogP contribution in [0.3, 0.4) is 0 Å². The quantitative estimate of drug-likeness (QED) is 0.502. The minimum absolute atomic E-state index is 0.251. The maximum atomic E-state index is 14.1. The number of amides is 1. The van der Waals surface area contributed by atoms with Crippen LogP contribution in [0.2, 0.25) is 5.15 Å². The summed E-state index contributed by atoms with van der Waals surface area (Å²) in [6.07, 6.45) is 2.16. The number of carbonyl (C=O) groups excluding carboxylic acids is 1. The number of halogens is 2. The molecule has 11 heteroatoms. The number of carbonyl (C=O) groups is 1. The smallest absolute Gasteiger partial charge is 0.312 e. The first-order valence-corrected chi connectivity index (χ1v) is 9.71. The molecule has 0 spiro atoms. The fourth-order valence-electron chi connectivity index (χ4n) is 3.60. The van der Waals surface area contributed by atoms with E-state index in [1.165, 1.54) is 13.8 Å². The summed E-state index contributed by atoms with van der Waals surface area (Å²) in [6, 6.07) is 6.69. The SMILES string of the molecule is CC(C)(F)c1nnc(C(=O)N2CCc3[nH]cnc3[C@@H]2c2cc3cccc(Cl)n3n2)o1. The van der Waals surface area contributed by atoms with Gasteiger partial charge in [0.05, 0.1) is 23.2 Å². The summed E-state index contributed by atoms with van der Waals surface area (Å²) in [5.41, 5.74) is 1.13. The molecule has 1 aliphatic heterocycles. The third kappa shape index (κ3) is 2.95. The van der Waals surface area contributed by atoms with Crippen LogP contribution < -0.4 is 0 Å². The molecule has 4 aromatic heterocycles. The summed E-state index contributed by atoms with van der Waals surface area (Å²) in [5.74, 6) is -1.04. The number of aromatic amines is 1. The molecule has 0 aromatic carbocycles. The fraction of sp³-hybridized carbons (Fsp3) is 0.316. The van der Waals surface area contributed by atoms with Gasteiger partial charge in [0.2, 0.25) is 0 Å². The highest BCUT2D eigenvalue weighted by molar-refractivity contribution is 6.29. The Morgan fingerprint density at radius 1 is 1.37 bits per heavy atom. The lowest BCUT2D eigenvalue weighted by Gasteiger charge is -2.32. The molecule has 0 saturated carbocycles. The van der Waals surface area contributed by atoms with Crippen LogP contribution in [0.4, 0.5) is 4.39 Å². The summed E-state index contributed by atoms with van der Waals surface area (Å²) in [5, 5.41) is 12.5. The van der Waals surface area contributed by atoms with E-state index in [1.807, 2.05) is 18.2 Å². The molecule has 1 N–H and O–H groups in total. The predicted molar refractivity (Wildman–Crippen MR) is 104 cm³/mol. The van der Waals surface area contributed by atoms with Crippen LogP contribution in [-0.2, 0) is 12.1 Å². The first-order chi connectivity index (χ1) is 14.3. The van der Waals surface area contributed by atoms with Gasteiger partial charge in [-0.15, -0.1) is 10.2 Å². The molecule has 1 aliphatic rings. The van der Waals surface area contributed by atoms with Crippen LogP contribution in [0.5, 0.6) is 0 Å². The normalized spacial score (nSPS) is 16.8. The van der Waals surface area contributed by atoms with Crippen molar-refractivity contribution in [2.45, 2.75) is 32.0 Å². The van der Waals surface area contributed by atoms with Crippen molar-refractivity contribution in [3.8, 4) is 0 Å². The van der Waals surface area contributed by atoms with Crippen LogP contribution in [-0.4, -0.2) is 47.1 Å². The molecule has 9 nitrogen and oxygen atoms in total. The van der Waals surface area contributed by atoms with Gasteiger partial charge in [-0.2, -0.15) is 5.10 Å². The lowest BCUT2D eigenvalue weighted by molar-refractivity contribution is 0.0636. The average Bonchev–Trinajstić information content (AvgIpc) is 3.44. The van der Waals surface area contributed by atoms with Crippen LogP contribution in [0.1, 0.15) is 53.5 Å². The topological polar surface area (TPSA) is 105 Å². The molecule has 0 aliphatic carbocycles. The lowest BCUT2D eigenvalue weighted by Crippen LogP contribution is -2.41. The molecule has 5 rings (SSSR count). The number of nitrogens with one attached hydrogen (secondary N) is 1. The number of pyridine rings is 1. The molecule has 5 heterocycles. The monoisotopic (exact) mass is 429 g/mol. The lowest BCUT2D eigenvalue weighted by atomic mass is 9.99. The van der Waals surface area contributed by atoms with Crippen molar-refractivity contribution in [2.24, 2.45) is 0 Å². The Kier molecular flexibility index (Phi) is 4.14. The molecule has 154 valence electrons. The molecule has 4 aromatic rings. The van der Waals surface area contributed by atoms with Crippen molar-refractivity contribution in [3.63, 3.8) is 0 Å². The predicted octanol–water partition coefficient (Wildman–Crippen LogP) is 3.09. The second kappa shape index (κ2) is 6.63. The molecule has 0 radical (unpaired) electrons. The Hall–Kier alpha value is -3.27. The fourth-order valence-corrected chi connectivity index (χ4v) is 3.81. The summed E-state index contributed by atoms with van der Waals surface area (Å²) < 4.78 is 21.1. The number of nitrogens with zero attached hydrogens (tertiary/aromatic N) is 6. The Balaban J connectivity index is 1.59. The average molecular weight is 430 g/mol. The zero-order valence-corrected chi connectivity index (χ0v) is 16.9. The van der Waals surface area contributed by atoms with Gasteiger partial charge in [-0.1, -0.05) is 17.7 Å². The highest BCUT2D eigenvalue weighted by Gasteiger charge is 2.39. The molecule has 1 atom stereocenters. The van der Waals surface area contributed by atoms with Crippen LogP contribution in [0.25, 0.3) is 5.52 Å². The Morgan fingerprint density at radius 3 is 2.93 bits per heavy atom. The van der Waals surface area contributed by atoms with Gasteiger partial charge in [0, 0.05) is 18.7 Å². The Bertz CT molecular complexity index is 1260. The zero-order valence-electron chi connectivity index (χ0n) is 16.1. The Labute approximate surface area is 174 Å². The number of imidazole rings is 1. The first kappa shape index (κ1) is 18.7. The van der Waals surface area contributed by atoms with Gasteiger partial charge in [0.1, 0.15) is 11.2 Å². The van der Waals surface area contributed by atoms with Gasteiger partial charge >= 0.3 is 11.8 Å². The number of H-pyrrole nitrogens is 1. The van der Waals surface area contributed by atoms with Crippen LogP contribution >= 0.6 is 11.6 Å². The molecule has 0 saturated heterocycles. The molecule has 0 unspecified atom stereocenters. The van der Waals surface area contributed by atoms with Crippen molar-refractivity contribution in [1.82, 2.24) is 34.7 Å². The summed E-state index contributed by atoms with van der Waals surface area (Å²) in [7, 11) is 0. The van der Waals surface area contributed by atoms with Crippen molar-refractivity contribution in [3.05, 3.63) is 64.6 Å². The van der Waals surface area contributed by atoms with Crippen molar-refractivity contribution in [1.29, 1.82) is 0 Å². The number of hydrogen-bond acceptors (Lipinski definition) is 6. The maximum absolute atomic E-state index is 14.1. The second-order valence-corrected chi connectivity index (χ2v) is 7.94. The van der Waals surface area contributed by atoms with E-state index in [2.05, 4.69) is 25.3 Å². The van der Waals surface area contributed by atoms with E-state index in [-0.39, 0.29) is 11.8 Å². The van der Waals surface area contributed by atoms with Crippen molar-refractivity contribution in [2.75, 3.05) is 6.54 Å². The zero-order chi connectivity index (χ0) is 21.0. The van der Waals surface area contributed by atoms with Crippen molar-refractivity contribution >= 4 is 23.0 Å². The summed E-state index contributed by atoms with van der Waals surface area (Å²) in [6.45, 7) is 2.95. The summed E-state index contributed by atoms with van der Waals surface area (Å²) >= 11 is 6.26. The third-order valence-corrected chi connectivity index (χ3v) is 5.33. The molecule has 0 bridgehead atoms. The van der Waals surface area contributed by atoms with Crippen LogP contribution in [0, 0.1) is 0 Å². The van der Waals surface area contributed by atoms with E-state index < -0.39 is 17.6 Å². The molecule has 0 fully saturated rings. The third-order valence-electron chi connectivity index (χ3n) is 5.04. The summed E-state index contributed by atoms with van der Waals surface area (Å²) in [4.78, 5) is 22.3. The van der Waals surface area contributed by atoms with Gasteiger partial charge in [-0.05, 0) is 32.0 Å². The van der Waals surface area contributed by atoms with Gasteiger partial charge in [0.15, 0.2) is 5.67 Å². The van der Waals surface area contributed by atoms with E-state index in [0.29, 0.717) is 29.5 Å². The van der Waals surface area contributed by atoms with E-state index in [1.54, 1.807) is 21.8 Å². The molecule has 30 heavy (non-hydrogen) atoms. The minimum atomic E-state index is -1.85. The van der Waals surface area contributed by atoms with E-state index in [9.17, 15) is 9.18 Å². The number of rotatable bonds is 3. The Morgan fingerprint density at radius 2 is 2.20 bits per heavy atom. The number of aromatic nitrogens is 6. The number of fused-ring (bicyclic) bond motifs is 2. The van der Waals surface area contributed by atoms with Crippen molar-refractivity contribution < 1.29 is 13.6 Å². The maximum Gasteiger partial charge on any atom is 0.312 e. The second-order valence-electron chi connectivity index (χ2n) is 7.56. The van der Waals surface area contributed by atoms with Crippen LogP contribution in [0.15, 0.2) is 35.0 Å². The van der Waals surface area contributed by atoms with E-state index in [0.717, 1.165) is 11.2 Å². The van der Waals surface area contributed by atoms with E-state index in [4.69, 9.17) is 16.0 Å². The van der Waals surface area contributed by atoms with Gasteiger partial charge in [-0.25, -0.2) is 13.9 Å². The van der Waals surface area contributed by atoms with Gasteiger partial charge in [0.25, 0.3) is 5.89 Å². The molecular formula is C19H17ClFN7O2. The van der Waals surface area contributed by atoms with E-state index >= 15 is 0 Å². The standard InChI is InChI=1S/C19H17ClFN7O2/c1-19(2,21)18-25-24-16(30-18)17(29)27-7-6-11-14(23-9-22-11)15(27)12-8-10-4-3-5-13(20)28(10)26-12/h3-5,8-9,15H,6-7H2,1-2H3,(H,22,23)/t15-/m0/s1. The molecular weight excluding hydrogens is 413 g/mol. The largest absolute Gasteiger partial charge is 0.413 e. The van der Waals surface area contributed by atoms with Gasteiger partial charge < -0.3 is 14.3 Å². The molecule has 1 amide bonds. The first-order valence-electron chi connectivity index (χ1n) is 9.33. The van der Waals surface area contributed by atoms with Gasteiger partial charge in [-0.3, -0.25) is 4.79 Å². The number of hydrogen-bond donors (Lipinski definition) is 1. The number of alkyl halides is 1. The highest BCUT2D eigenvalue weighted by atomic mass is 35.5. The minimum Gasteiger partial charge on any atom is -0.413 e. The highest BCUT2D eigenvalue weighted by Crippen LogP contribution is 2.35.